The lowest BCUT2D eigenvalue weighted by Crippen LogP contribution is -2.31. The second-order valence-electron chi connectivity index (χ2n) is 4.58. The third-order valence-electron chi connectivity index (χ3n) is 3.32. The van der Waals surface area contributed by atoms with Gasteiger partial charge in [-0.2, -0.15) is 0 Å². The highest BCUT2D eigenvalue weighted by Crippen LogP contribution is 2.24. The maximum absolute atomic E-state index is 5.98. The zero-order chi connectivity index (χ0) is 12.2. The van der Waals surface area contributed by atoms with Gasteiger partial charge in [-0.1, -0.05) is 54.6 Å². The molecule has 2 heteroatoms. The van der Waals surface area contributed by atoms with Crippen molar-refractivity contribution in [3.8, 4) is 0 Å². The fourth-order valence-corrected chi connectivity index (χ4v) is 2.37. The summed E-state index contributed by atoms with van der Waals surface area (Å²) in [7, 11) is 0. The molecular formula is C16H17NO. The molecule has 0 spiro atoms. The van der Waals surface area contributed by atoms with E-state index in [1.165, 1.54) is 16.7 Å². The molecule has 0 aromatic heterocycles. The molecule has 92 valence electrons. The molecule has 1 unspecified atom stereocenters. The van der Waals surface area contributed by atoms with Gasteiger partial charge in [-0.05, 0) is 23.1 Å². The average molecular weight is 239 g/mol. The number of hydrogen-bond acceptors (Lipinski definition) is 2. The van der Waals surface area contributed by atoms with Crippen molar-refractivity contribution in [2.45, 2.75) is 19.3 Å². The van der Waals surface area contributed by atoms with E-state index < -0.39 is 0 Å². The predicted octanol–water partition coefficient (Wildman–Crippen LogP) is 3.05. The molecule has 0 saturated carbocycles. The highest BCUT2D eigenvalue weighted by molar-refractivity contribution is 5.31. The first-order valence-electron chi connectivity index (χ1n) is 6.40. The Hall–Kier alpha value is -1.64. The molecule has 1 atom stereocenters. The Labute approximate surface area is 108 Å². The van der Waals surface area contributed by atoms with E-state index in [-0.39, 0.29) is 6.23 Å². The van der Waals surface area contributed by atoms with Gasteiger partial charge in [0.05, 0.1) is 6.61 Å². The summed E-state index contributed by atoms with van der Waals surface area (Å²) < 4.78 is 5.98. The second kappa shape index (κ2) is 5.34. The molecule has 1 aliphatic heterocycles. The van der Waals surface area contributed by atoms with Crippen LogP contribution in [0, 0.1) is 0 Å². The molecule has 2 aromatic rings. The highest BCUT2D eigenvalue weighted by Gasteiger charge is 2.19. The first-order chi connectivity index (χ1) is 8.93. The molecule has 0 saturated heterocycles. The Bertz CT molecular complexity index is 510. The zero-order valence-electron chi connectivity index (χ0n) is 10.3. The summed E-state index contributed by atoms with van der Waals surface area (Å²) in [5, 5.41) is 3.42. The lowest BCUT2D eigenvalue weighted by atomic mass is 10.00. The standard InChI is InChI=1S/C16H17NO/c1-2-6-13(7-3-1)12-18-16-15-9-5-4-8-14(15)10-11-17-16/h1-9,16-17H,10-12H2. The fraction of sp³-hybridized carbons (Fsp3) is 0.250. The van der Waals surface area contributed by atoms with Gasteiger partial charge in [-0.15, -0.1) is 0 Å². The van der Waals surface area contributed by atoms with Crippen molar-refractivity contribution in [1.29, 1.82) is 0 Å². The number of benzene rings is 2. The quantitative estimate of drug-likeness (QED) is 0.889. The third-order valence-corrected chi connectivity index (χ3v) is 3.32. The lowest BCUT2D eigenvalue weighted by molar-refractivity contribution is 0.0121. The van der Waals surface area contributed by atoms with Crippen LogP contribution in [0.1, 0.15) is 22.9 Å². The molecule has 2 aromatic carbocycles. The molecule has 0 bridgehead atoms. The SMILES string of the molecule is c1ccc(COC2NCCc3ccccc32)cc1. The van der Waals surface area contributed by atoms with Crippen molar-refractivity contribution in [3.63, 3.8) is 0 Å². The summed E-state index contributed by atoms with van der Waals surface area (Å²) in [6.07, 6.45) is 1.11. The predicted molar refractivity (Wildman–Crippen MR) is 72.1 cm³/mol. The minimum Gasteiger partial charge on any atom is -0.354 e. The first kappa shape index (κ1) is 11.5. The summed E-state index contributed by atoms with van der Waals surface area (Å²) in [5.41, 5.74) is 3.89. The molecule has 1 heterocycles. The maximum atomic E-state index is 5.98. The molecule has 1 N–H and O–H groups in total. The molecule has 0 aliphatic carbocycles. The summed E-state index contributed by atoms with van der Waals surface area (Å²) in [6.45, 7) is 1.63. The normalized spacial score (nSPS) is 18.3. The number of fused-ring (bicyclic) bond motifs is 1. The Morgan fingerprint density at radius 1 is 1.00 bits per heavy atom. The van der Waals surface area contributed by atoms with Crippen LogP contribution < -0.4 is 5.32 Å². The molecule has 1 aliphatic rings. The maximum Gasteiger partial charge on any atom is 0.135 e. The summed E-state index contributed by atoms with van der Waals surface area (Å²) in [6, 6.07) is 18.8. The number of nitrogens with one attached hydrogen (secondary N) is 1. The van der Waals surface area contributed by atoms with Gasteiger partial charge in [0.1, 0.15) is 6.23 Å². The van der Waals surface area contributed by atoms with Crippen LogP contribution in [-0.2, 0) is 17.8 Å². The van der Waals surface area contributed by atoms with Crippen molar-refractivity contribution in [2.75, 3.05) is 6.54 Å². The molecular weight excluding hydrogens is 222 g/mol. The zero-order valence-corrected chi connectivity index (χ0v) is 10.3. The van der Waals surface area contributed by atoms with E-state index in [0.717, 1.165) is 13.0 Å². The van der Waals surface area contributed by atoms with Crippen molar-refractivity contribution in [3.05, 3.63) is 71.3 Å². The Morgan fingerprint density at radius 2 is 1.78 bits per heavy atom. The van der Waals surface area contributed by atoms with Crippen molar-refractivity contribution in [1.82, 2.24) is 5.32 Å². The van der Waals surface area contributed by atoms with E-state index in [1.807, 2.05) is 18.2 Å². The van der Waals surface area contributed by atoms with E-state index in [1.54, 1.807) is 0 Å². The summed E-state index contributed by atoms with van der Waals surface area (Å²) in [4.78, 5) is 0. The summed E-state index contributed by atoms with van der Waals surface area (Å²) in [5.74, 6) is 0. The largest absolute Gasteiger partial charge is 0.354 e. The van der Waals surface area contributed by atoms with Crippen molar-refractivity contribution in [2.24, 2.45) is 0 Å². The molecule has 0 fully saturated rings. The van der Waals surface area contributed by atoms with Crippen LogP contribution >= 0.6 is 0 Å². The highest BCUT2D eigenvalue weighted by atomic mass is 16.5. The van der Waals surface area contributed by atoms with E-state index in [0.29, 0.717) is 6.61 Å². The monoisotopic (exact) mass is 239 g/mol. The molecule has 2 nitrogen and oxygen atoms in total. The van der Waals surface area contributed by atoms with E-state index in [9.17, 15) is 0 Å². The van der Waals surface area contributed by atoms with Gasteiger partial charge in [0.2, 0.25) is 0 Å². The van der Waals surface area contributed by atoms with Crippen molar-refractivity contribution < 1.29 is 4.74 Å². The van der Waals surface area contributed by atoms with Crippen LogP contribution in [0.3, 0.4) is 0 Å². The van der Waals surface area contributed by atoms with Crippen LogP contribution in [0.15, 0.2) is 54.6 Å². The minimum atomic E-state index is 0.0233. The smallest absolute Gasteiger partial charge is 0.135 e. The summed E-state index contributed by atoms with van der Waals surface area (Å²) >= 11 is 0. The molecule has 0 amide bonds. The average Bonchev–Trinajstić information content (AvgIpc) is 2.46. The molecule has 3 rings (SSSR count). The number of rotatable bonds is 3. The van der Waals surface area contributed by atoms with Crippen LogP contribution in [0.4, 0.5) is 0 Å². The first-order valence-corrected chi connectivity index (χ1v) is 6.40. The van der Waals surface area contributed by atoms with Crippen LogP contribution in [-0.4, -0.2) is 6.54 Å². The Kier molecular flexibility index (Phi) is 3.40. The van der Waals surface area contributed by atoms with Gasteiger partial charge in [0.15, 0.2) is 0 Å². The van der Waals surface area contributed by atoms with Gasteiger partial charge in [0, 0.05) is 6.54 Å². The minimum absolute atomic E-state index is 0.0233. The van der Waals surface area contributed by atoms with Crippen LogP contribution in [0.2, 0.25) is 0 Å². The fourth-order valence-electron chi connectivity index (χ4n) is 2.37. The van der Waals surface area contributed by atoms with Gasteiger partial charge in [-0.25, -0.2) is 0 Å². The third kappa shape index (κ3) is 2.45. The topological polar surface area (TPSA) is 21.3 Å². The second-order valence-corrected chi connectivity index (χ2v) is 4.58. The van der Waals surface area contributed by atoms with Crippen molar-refractivity contribution >= 4 is 0 Å². The van der Waals surface area contributed by atoms with Gasteiger partial charge in [-0.3, -0.25) is 5.32 Å². The van der Waals surface area contributed by atoms with Crippen LogP contribution in [0.25, 0.3) is 0 Å². The lowest BCUT2D eigenvalue weighted by Gasteiger charge is -2.27. The Morgan fingerprint density at radius 3 is 2.67 bits per heavy atom. The van der Waals surface area contributed by atoms with E-state index in [4.69, 9.17) is 4.74 Å². The van der Waals surface area contributed by atoms with E-state index >= 15 is 0 Å². The van der Waals surface area contributed by atoms with Gasteiger partial charge in [0.25, 0.3) is 0 Å². The number of hydrogen-bond donors (Lipinski definition) is 1. The number of ether oxygens (including phenoxy) is 1. The Balaban J connectivity index is 1.71. The van der Waals surface area contributed by atoms with E-state index in [2.05, 4.69) is 41.7 Å². The molecule has 18 heavy (non-hydrogen) atoms. The van der Waals surface area contributed by atoms with Gasteiger partial charge >= 0.3 is 0 Å². The molecule has 0 radical (unpaired) electrons. The van der Waals surface area contributed by atoms with Gasteiger partial charge < -0.3 is 4.74 Å². The van der Waals surface area contributed by atoms with Crippen LogP contribution in [0.5, 0.6) is 0 Å².